The molecule has 0 aliphatic heterocycles. The summed E-state index contributed by atoms with van der Waals surface area (Å²) in [6, 6.07) is 12.7. The van der Waals surface area contributed by atoms with Gasteiger partial charge in [0.15, 0.2) is 6.61 Å². The molecule has 0 heterocycles. The molecular weight excluding hydrogens is 332 g/mol. The Labute approximate surface area is 143 Å². The Morgan fingerprint density at radius 3 is 2.71 bits per heavy atom. The third-order valence-electron chi connectivity index (χ3n) is 3.00. The van der Waals surface area contributed by atoms with Crippen LogP contribution in [0.2, 0.25) is 5.02 Å². The molecule has 0 unspecified atom stereocenters. The Balaban J connectivity index is 1.92. The zero-order valence-electron chi connectivity index (χ0n) is 12.7. The number of esters is 1. The summed E-state index contributed by atoms with van der Waals surface area (Å²) < 4.78 is 9.93. The largest absolute Gasteiger partial charge is 0.495 e. The summed E-state index contributed by atoms with van der Waals surface area (Å²) in [6.45, 7) is -0.459. The van der Waals surface area contributed by atoms with Gasteiger partial charge in [0.1, 0.15) is 5.75 Å². The lowest BCUT2D eigenvalue weighted by Gasteiger charge is -2.08. The quantitative estimate of drug-likeness (QED) is 0.842. The van der Waals surface area contributed by atoms with Gasteiger partial charge in [-0.3, -0.25) is 4.79 Å². The minimum Gasteiger partial charge on any atom is -0.495 e. The molecule has 24 heavy (non-hydrogen) atoms. The summed E-state index contributed by atoms with van der Waals surface area (Å²) in [4.78, 5) is 23.7. The Hall–Kier alpha value is -3.04. The SMILES string of the molecule is COc1ccc(NC(=O)COC(=O)c2cccc(C#N)c2)cc1Cl. The van der Waals surface area contributed by atoms with Crippen molar-refractivity contribution in [1.82, 2.24) is 0 Å². The van der Waals surface area contributed by atoms with Crippen LogP contribution in [0.15, 0.2) is 42.5 Å². The second-order valence-electron chi connectivity index (χ2n) is 4.67. The van der Waals surface area contributed by atoms with Crippen LogP contribution in [0.4, 0.5) is 5.69 Å². The van der Waals surface area contributed by atoms with Crippen molar-refractivity contribution in [3.63, 3.8) is 0 Å². The highest BCUT2D eigenvalue weighted by molar-refractivity contribution is 6.32. The first-order valence-electron chi connectivity index (χ1n) is 6.84. The lowest BCUT2D eigenvalue weighted by molar-refractivity contribution is -0.119. The first-order chi connectivity index (χ1) is 11.5. The predicted octanol–water partition coefficient (Wildman–Crippen LogP) is 3.02. The van der Waals surface area contributed by atoms with Gasteiger partial charge in [-0.1, -0.05) is 17.7 Å². The molecule has 0 aromatic heterocycles. The second-order valence-corrected chi connectivity index (χ2v) is 5.07. The third-order valence-corrected chi connectivity index (χ3v) is 3.29. The van der Waals surface area contributed by atoms with E-state index in [1.165, 1.54) is 25.3 Å². The third kappa shape index (κ3) is 4.48. The van der Waals surface area contributed by atoms with Crippen molar-refractivity contribution < 1.29 is 19.1 Å². The highest BCUT2D eigenvalue weighted by Crippen LogP contribution is 2.27. The summed E-state index contributed by atoms with van der Waals surface area (Å²) in [6.07, 6.45) is 0. The fourth-order valence-corrected chi connectivity index (χ4v) is 2.13. The summed E-state index contributed by atoms with van der Waals surface area (Å²) in [5.74, 6) is -0.713. The molecular formula is C17H13ClN2O4. The molecule has 0 bridgehead atoms. The van der Waals surface area contributed by atoms with Crippen molar-refractivity contribution in [1.29, 1.82) is 5.26 Å². The highest BCUT2D eigenvalue weighted by Gasteiger charge is 2.11. The number of halogens is 1. The van der Waals surface area contributed by atoms with Crippen LogP contribution in [-0.2, 0) is 9.53 Å². The molecule has 0 aliphatic rings. The molecule has 2 aromatic carbocycles. The molecule has 0 saturated carbocycles. The van der Waals surface area contributed by atoms with E-state index in [9.17, 15) is 9.59 Å². The van der Waals surface area contributed by atoms with E-state index in [1.807, 2.05) is 6.07 Å². The number of ether oxygens (including phenoxy) is 2. The molecule has 122 valence electrons. The number of nitrogens with zero attached hydrogens (tertiary/aromatic N) is 1. The Kier molecular flexibility index (Phi) is 5.77. The van der Waals surface area contributed by atoms with Crippen molar-refractivity contribution in [3.05, 3.63) is 58.6 Å². The van der Waals surface area contributed by atoms with Gasteiger partial charge in [0, 0.05) is 5.69 Å². The molecule has 2 rings (SSSR count). The summed E-state index contributed by atoms with van der Waals surface area (Å²) in [5.41, 5.74) is 0.990. The second kappa shape index (κ2) is 7.99. The zero-order chi connectivity index (χ0) is 17.5. The van der Waals surface area contributed by atoms with Crippen molar-refractivity contribution in [3.8, 4) is 11.8 Å². The van der Waals surface area contributed by atoms with Gasteiger partial charge in [-0.15, -0.1) is 0 Å². The molecule has 0 fully saturated rings. The van der Waals surface area contributed by atoms with Crippen molar-refractivity contribution >= 4 is 29.2 Å². The smallest absolute Gasteiger partial charge is 0.338 e. The number of anilines is 1. The van der Waals surface area contributed by atoms with Crippen molar-refractivity contribution in [2.75, 3.05) is 19.0 Å². The van der Waals surface area contributed by atoms with E-state index in [-0.39, 0.29) is 5.56 Å². The predicted molar refractivity (Wildman–Crippen MR) is 88.1 cm³/mol. The number of benzene rings is 2. The van der Waals surface area contributed by atoms with Crippen LogP contribution >= 0.6 is 11.6 Å². The number of amides is 1. The van der Waals surface area contributed by atoms with Gasteiger partial charge in [-0.05, 0) is 36.4 Å². The molecule has 0 spiro atoms. The van der Waals surface area contributed by atoms with E-state index in [0.29, 0.717) is 22.0 Å². The average Bonchev–Trinajstić information content (AvgIpc) is 2.60. The van der Waals surface area contributed by atoms with Crippen molar-refractivity contribution in [2.45, 2.75) is 0 Å². The standard InChI is InChI=1S/C17H13ClN2O4/c1-23-15-6-5-13(8-14(15)18)20-16(21)10-24-17(22)12-4-2-3-11(7-12)9-19/h2-8H,10H2,1H3,(H,20,21). The van der Waals surface area contributed by atoms with E-state index in [0.717, 1.165) is 0 Å². The van der Waals surface area contributed by atoms with Crippen LogP contribution in [0, 0.1) is 11.3 Å². The van der Waals surface area contributed by atoms with Crippen LogP contribution in [-0.4, -0.2) is 25.6 Å². The fourth-order valence-electron chi connectivity index (χ4n) is 1.87. The molecule has 0 radical (unpaired) electrons. The van der Waals surface area contributed by atoms with Crippen LogP contribution < -0.4 is 10.1 Å². The molecule has 0 aliphatic carbocycles. The minimum atomic E-state index is -0.685. The maximum atomic E-state index is 11.9. The van der Waals surface area contributed by atoms with Crippen LogP contribution in [0.5, 0.6) is 5.75 Å². The number of carbonyl (C=O) groups is 2. The van der Waals surface area contributed by atoms with E-state index in [2.05, 4.69) is 5.32 Å². The fraction of sp³-hybridized carbons (Fsp3) is 0.118. The first-order valence-corrected chi connectivity index (χ1v) is 7.22. The van der Waals surface area contributed by atoms with E-state index < -0.39 is 18.5 Å². The minimum absolute atomic E-state index is 0.203. The molecule has 1 amide bonds. The lowest BCUT2D eigenvalue weighted by Crippen LogP contribution is -2.21. The van der Waals surface area contributed by atoms with Gasteiger partial charge in [0.25, 0.3) is 5.91 Å². The number of nitrogens with one attached hydrogen (secondary N) is 1. The maximum Gasteiger partial charge on any atom is 0.338 e. The van der Waals surface area contributed by atoms with Gasteiger partial charge in [0.2, 0.25) is 0 Å². The molecule has 0 atom stereocenters. The van der Waals surface area contributed by atoms with Gasteiger partial charge >= 0.3 is 5.97 Å². The first kappa shape index (κ1) is 17.3. The monoisotopic (exact) mass is 344 g/mol. The number of nitriles is 1. The topological polar surface area (TPSA) is 88.4 Å². The summed E-state index contributed by atoms with van der Waals surface area (Å²) in [7, 11) is 1.49. The van der Waals surface area contributed by atoms with E-state index in [4.69, 9.17) is 26.3 Å². The highest BCUT2D eigenvalue weighted by atomic mass is 35.5. The average molecular weight is 345 g/mol. The van der Waals surface area contributed by atoms with Gasteiger partial charge < -0.3 is 14.8 Å². The van der Waals surface area contributed by atoms with Crippen LogP contribution in [0.1, 0.15) is 15.9 Å². The zero-order valence-corrected chi connectivity index (χ0v) is 13.5. The lowest BCUT2D eigenvalue weighted by atomic mass is 10.1. The number of methoxy groups -OCH3 is 1. The number of hydrogen-bond acceptors (Lipinski definition) is 5. The van der Waals surface area contributed by atoms with Crippen LogP contribution in [0.25, 0.3) is 0 Å². The van der Waals surface area contributed by atoms with Gasteiger partial charge in [-0.2, -0.15) is 5.26 Å². The number of hydrogen-bond donors (Lipinski definition) is 1. The summed E-state index contributed by atoms with van der Waals surface area (Å²) in [5, 5.41) is 11.7. The van der Waals surface area contributed by atoms with Gasteiger partial charge in [0.05, 0.1) is 29.3 Å². The van der Waals surface area contributed by atoms with E-state index >= 15 is 0 Å². The Bertz CT molecular complexity index is 814. The normalized spacial score (nSPS) is 9.71. The number of carbonyl (C=O) groups excluding carboxylic acids is 2. The van der Waals surface area contributed by atoms with Gasteiger partial charge in [-0.25, -0.2) is 4.79 Å². The number of rotatable bonds is 5. The summed E-state index contributed by atoms with van der Waals surface area (Å²) >= 11 is 5.96. The molecule has 0 saturated heterocycles. The molecule has 6 nitrogen and oxygen atoms in total. The molecule has 2 aromatic rings. The maximum absolute atomic E-state index is 11.9. The van der Waals surface area contributed by atoms with Crippen molar-refractivity contribution in [2.24, 2.45) is 0 Å². The molecule has 7 heteroatoms. The Morgan fingerprint density at radius 1 is 1.25 bits per heavy atom. The van der Waals surface area contributed by atoms with Crippen LogP contribution in [0.3, 0.4) is 0 Å². The Morgan fingerprint density at radius 2 is 2.04 bits per heavy atom. The molecule has 1 N–H and O–H groups in total. The van der Waals surface area contributed by atoms with E-state index in [1.54, 1.807) is 24.3 Å².